The molecule has 2 aromatic carbocycles. The summed E-state index contributed by atoms with van der Waals surface area (Å²) in [5.74, 6) is -1.11. The Bertz CT molecular complexity index is 958. The predicted octanol–water partition coefficient (Wildman–Crippen LogP) is 2.70. The zero-order chi connectivity index (χ0) is 19.4. The lowest BCUT2D eigenvalue weighted by atomic mass is 10.2. The Kier molecular flexibility index (Phi) is 5.83. The molecule has 1 saturated heterocycles. The first-order valence-corrected chi connectivity index (χ1v) is 9.07. The minimum Gasteiger partial charge on any atom is -0.546 e. The first-order valence-electron chi connectivity index (χ1n) is 7.87. The van der Waals surface area contributed by atoms with Crippen molar-refractivity contribution in [2.24, 2.45) is 4.99 Å². The van der Waals surface area contributed by atoms with Crippen LogP contribution in [0, 0.1) is 0 Å². The molecule has 27 heavy (non-hydrogen) atoms. The molecule has 1 aliphatic heterocycles. The van der Waals surface area contributed by atoms with E-state index >= 15 is 0 Å². The number of carbonyl (C=O) groups excluding carboxylic acids is 2. The molecule has 0 bridgehead atoms. The van der Waals surface area contributed by atoms with Gasteiger partial charge in [-0.05, 0) is 47.7 Å². The number of para-hydroxylation sites is 1. The van der Waals surface area contributed by atoms with Gasteiger partial charge >= 0.3 is 0 Å². The van der Waals surface area contributed by atoms with Crippen molar-refractivity contribution in [1.29, 1.82) is 0 Å². The quantitative estimate of drug-likeness (QED) is 0.719. The van der Waals surface area contributed by atoms with Gasteiger partial charge in [0, 0.05) is 7.05 Å². The molecule has 1 heterocycles. The second-order valence-electron chi connectivity index (χ2n) is 5.55. The average molecular weight is 402 g/mol. The van der Waals surface area contributed by atoms with Crippen LogP contribution in [0.1, 0.15) is 5.56 Å². The third-order valence-corrected chi connectivity index (χ3v) is 4.96. The van der Waals surface area contributed by atoms with E-state index in [1.54, 1.807) is 49.5 Å². The number of benzene rings is 2. The van der Waals surface area contributed by atoms with Crippen molar-refractivity contribution in [3.05, 3.63) is 64.0 Å². The SMILES string of the molecule is CN1C(=O)/C(=C\c2cccc(OCC(=O)[O-])c2)SC1=Nc1ccccc1Cl. The summed E-state index contributed by atoms with van der Waals surface area (Å²) in [7, 11) is 1.64. The fourth-order valence-corrected chi connectivity index (χ4v) is 3.44. The summed E-state index contributed by atoms with van der Waals surface area (Å²) in [4.78, 5) is 29.4. The fraction of sp³-hybridized carbons (Fsp3) is 0.105. The molecule has 0 aliphatic carbocycles. The molecule has 0 N–H and O–H groups in total. The van der Waals surface area contributed by atoms with Crippen LogP contribution in [0.2, 0.25) is 5.02 Å². The summed E-state index contributed by atoms with van der Waals surface area (Å²) in [5.41, 5.74) is 1.29. The highest BCUT2D eigenvalue weighted by atomic mass is 35.5. The minimum absolute atomic E-state index is 0.188. The predicted molar refractivity (Wildman–Crippen MR) is 104 cm³/mol. The summed E-state index contributed by atoms with van der Waals surface area (Å²) in [6, 6.07) is 13.9. The van der Waals surface area contributed by atoms with E-state index in [0.29, 0.717) is 32.1 Å². The third-order valence-electron chi connectivity index (χ3n) is 3.58. The Labute approximate surface area is 165 Å². The highest BCUT2D eigenvalue weighted by Gasteiger charge is 2.30. The number of aliphatic carboxylic acids is 1. The number of carboxylic acid groups (broad SMARTS) is 1. The van der Waals surface area contributed by atoms with E-state index in [9.17, 15) is 14.7 Å². The molecule has 0 unspecified atom stereocenters. The molecule has 2 aromatic rings. The van der Waals surface area contributed by atoms with Crippen molar-refractivity contribution in [3.63, 3.8) is 0 Å². The molecular formula is C19H14ClN2O4S-. The number of carboxylic acids is 1. The molecule has 0 aromatic heterocycles. The van der Waals surface area contributed by atoms with Gasteiger partial charge in [0.1, 0.15) is 12.4 Å². The van der Waals surface area contributed by atoms with Crippen molar-refractivity contribution < 1.29 is 19.4 Å². The number of hydrogen-bond donors (Lipinski definition) is 0. The zero-order valence-electron chi connectivity index (χ0n) is 14.2. The Morgan fingerprint density at radius 2 is 2.07 bits per heavy atom. The van der Waals surface area contributed by atoms with Crippen molar-refractivity contribution in [2.75, 3.05) is 13.7 Å². The molecule has 8 heteroatoms. The van der Waals surface area contributed by atoms with Crippen molar-refractivity contribution >= 4 is 52.2 Å². The standard InChI is InChI=1S/C19H15ClN2O4S/c1-22-18(25)16(27-19(22)21-15-8-3-2-7-14(15)20)10-12-5-4-6-13(9-12)26-11-17(23)24/h2-10H,11H2,1H3,(H,23,24)/p-1/b16-10+,21-19?. The normalized spacial score (nSPS) is 17.0. The number of nitrogens with zero attached hydrogens (tertiary/aromatic N) is 2. The van der Waals surface area contributed by atoms with Gasteiger partial charge in [-0.15, -0.1) is 0 Å². The highest BCUT2D eigenvalue weighted by Crippen LogP contribution is 2.35. The first-order chi connectivity index (χ1) is 12.9. The number of carbonyl (C=O) groups is 2. The van der Waals surface area contributed by atoms with Crippen LogP contribution in [0.3, 0.4) is 0 Å². The van der Waals surface area contributed by atoms with Crippen LogP contribution in [0.4, 0.5) is 5.69 Å². The maximum atomic E-state index is 12.5. The van der Waals surface area contributed by atoms with Gasteiger partial charge in [-0.1, -0.05) is 35.9 Å². The third kappa shape index (κ3) is 4.69. The van der Waals surface area contributed by atoms with Gasteiger partial charge in [0.05, 0.1) is 21.6 Å². The molecule has 138 valence electrons. The molecule has 1 aliphatic rings. The lowest BCUT2D eigenvalue weighted by Gasteiger charge is -2.07. The van der Waals surface area contributed by atoms with Crippen molar-refractivity contribution in [3.8, 4) is 5.75 Å². The second kappa shape index (κ2) is 8.28. The number of aliphatic imine (C=N–C) groups is 1. The number of ether oxygens (including phenoxy) is 1. The summed E-state index contributed by atoms with van der Waals surface area (Å²) < 4.78 is 5.10. The fourth-order valence-electron chi connectivity index (χ4n) is 2.28. The molecule has 1 fully saturated rings. The maximum absolute atomic E-state index is 12.5. The summed E-state index contributed by atoms with van der Waals surface area (Å²) in [6.07, 6.45) is 1.70. The molecular weight excluding hydrogens is 388 g/mol. The van der Waals surface area contributed by atoms with E-state index in [4.69, 9.17) is 16.3 Å². The van der Waals surface area contributed by atoms with Crippen LogP contribution >= 0.6 is 23.4 Å². The molecule has 1 amide bonds. The van der Waals surface area contributed by atoms with E-state index < -0.39 is 12.6 Å². The van der Waals surface area contributed by atoms with Gasteiger partial charge in [0.2, 0.25) is 0 Å². The molecule has 0 saturated carbocycles. The number of thioether (sulfide) groups is 1. The molecule has 6 nitrogen and oxygen atoms in total. The molecule has 0 spiro atoms. The van der Waals surface area contributed by atoms with Crippen molar-refractivity contribution in [1.82, 2.24) is 4.90 Å². The highest BCUT2D eigenvalue weighted by molar-refractivity contribution is 8.18. The lowest BCUT2D eigenvalue weighted by molar-refractivity contribution is -0.307. The largest absolute Gasteiger partial charge is 0.546 e. The van der Waals surface area contributed by atoms with Crippen LogP contribution in [-0.4, -0.2) is 35.6 Å². The summed E-state index contributed by atoms with van der Waals surface area (Å²) >= 11 is 7.36. The smallest absolute Gasteiger partial charge is 0.266 e. The van der Waals surface area contributed by atoms with E-state index in [1.807, 2.05) is 12.1 Å². The van der Waals surface area contributed by atoms with E-state index in [-0.39, 0.29) is 5.91 Å². The molecule has 0 atom stereocenters. The zero-order valence-corrected chi connectivity index (χ0v) is 15.8. The van der Waals surface area contributed by atoms with E-state index in [2.05, 4.69) is 4.99 Å². The van der Waals surface area contributed by atoms with Gasteiger partial charge in [-0.25, -0.2) is 4.99 Å². The van der Waals surface area contributed by atoms with Crippen LogP contribution in [0.15, 0.2) is 58.4 Å². The molecule has 0 radical (unpaired) electrons. The van der Waals surface area contributed by atoms with Crippen molar-refractivity contribution in [2.45, 2.75) is 0 Å². The van der Waals surface area contributed by atoms with Crippen LogP contribution in [0.25, 0.3) is 6.08 Å². The monoisotopic (exact) mass is 401 g/mol. The van der Waals surface area contributed by atoms with Crippen LogP contribution in [-0.2, 0) is 9.59 Å². The van der Waals surface area contributed by atoms with Gasteiger partial charge in [0.25, 0.3) is 5.91 Å². The van der Waals surface area contributed by atoms with Gasteiger partial charge in [0.15, 0.2) is 5.17 Å². The number of halogens is 1. The van der Waals surface area contributed by atoms with Gasteiger partial charge in [-0.2, -0.15) is 0 Å². The van der Waals surface area contributed by atoms with E-state index in [1.165, 1.54) is 16.7 Å². The van der Waals surface area contributed by atoms with Gasteiger partial charge in [-0.3, -0.25) is 9.69 Å². The Morgan fingerprint density at radius 1 is 1.30 bits per heavy atom. The maximum Gasteiger partial charge on any atom is 0.266 e. The Hall–Kier alpha value is -2.77. The number of rotatable bonds is 5. The first kappa shape index (κ1) is 19.0. The van der Waals surface area contributed by atoms with Gasteiger partial charge < -0.3 is 14.6 Å². The Morgan fingerprint density at radius 3 is 2.81 bits per heavy atom. The topological polar surface area (TPSA) is 82.0 Å². The number of amidine groups is 1. The van der Waals surface area contributed by atoms with Crippen LogP contribution < -0.4 is 9.84 Å². The second-order valence-corrected chi connectivity index (χ2v) is 6.97. The summed E-state index contributed by atoms with van der Waals surface area (Å²) in [5, 5.41) is 11.5. The number of likely N-dealkylation sites (N-methyl/N-ethyl adjacent to an activating group) is 1. The minimum atomic E-state index is -1.30. The number of amides is 1. The lowest BCUT2D eigenvalue weighted by Crippen LogP contribution is -2.28. The number of hydrogen-bond acceptors (Lipinski definition) is 6. The summed E-state index contributed by atoms with van der Waals surface area (Å²) in [6.45, 7) is -0.537. The van der Waals surface area contributed by atoms with E-state index in [0.717, 1.165) is 0 Å². The molecule has 3 rings (SSSR count). The van der Waals surface area contributed by atoms with Crippen LogP contribution in [0.5, 0.6) is 5.75 Å². The Balaban J connectivity index is 1.83. The average Bonchev–Trinajstić information content (AvgIpc) is 2.90.